The van der Waals surface area contributed by atoms with Crippen LogP contribution in [0.2, 0.25) is 0 Å². The largest absolute Gasteiger partial charge is 0.246 e. The van der Waals surface area contributed by atoms with Crippen LogP contribution in [-0.2, 0) is 12.8 Å². The van der Waals surface area contributed by atoms with Crippen molar-refractivity contribution >= 4 is 11.3 Å². The summed E-state index contributed by atoms with van der Waals surface area (Å²) in [6, 6.07) is 2.42. The summed E-state index contributed by atoms with van der Waals surface area (Å²) in [5.41, 5.74) is 1.14. The molecule has 1 saturated carbocycles. The molecule has 0 spiro atoms. The second kappa shape index (κ2) is 3.94. The highest BCUT2D eigenvalue weighted by atomic mass is 32.1. The van der Waals surface area contributed by atoms with Crippen molar-refractivity contribution in [3.63, 3.8) is 0 Å². The minimum absolute atomic E-state index is 0.0487. The predicted octanol–water partition coefficient (Wildman–Crippen LogP) is 3.19. The van der Waals surface area contributed by atoms with Gasteiger partial charge in [-0.3, -0.25) is 0 Å². The van der Waals surface area contributed by atoms with Gasteiger partial charge in [0.2, 0.25) is 0 Å². The summed E-state index contributed by atoms with van der Waals surface area (Å²) in [7, 11) is 0. The van der Waals surface area contributed by atoms with E-state index < -0.39 is 0 Å². The zero-order valence-electron chi connectivity index (χ0n) is 9.29. The third-order valence-electron chi connectivity index (χ3n) is 2.80. The third kappa shape index (κ3) is 2.57. The van der Waals surface area contributed by atoms with Crippen LogP contribution in [0.25, 0.3) is 0 Å². The zero-order chi connectivity index (χ0) is 10.9. The molecule has 1 aromatic heterocycles. The molecule has 0 atom stereocenters. The Morgan fingerprint density at radius 3 is 2.87 bits per heavy atom. The Hall–Kier alpha value is -0.880. The van der Waals surface area contributed by atoms with Crippen molar-refractivity contribution in [1.29, 1.82) is 5.26 Å². The Kier molecular flexibility index (Phi) is 2.79. The maximum atomic E-state index is 9.00. The van der Waals surface area contributed by atoms with E-state index in [-0.39, 0.29) is 5.41 Å². The number of rotatable bonds is 4. The molecule has 0 unspecified atom stereocenters. The van der Waals surface area contributed by atoms with Crippen LogP contribution in [0.4, 0.5) is 0 Å². The van der Waals surface area contributed by atoms with E-state index in [1.807, 2.05) is 0 Å². The summed E-state index contributed by atoms with van der Waals surface area (Å²) in [5, 5.41) is 12.3. The Morgan fingerprint density at radius 2 is 2.33 bits per heavy atom. The van der Waals surface area contributed by atoms with Crippen LogP contribution >= 0.6 is 11.3 Å². The van der Waals surface area contributed by atoms with Crippen molar-refractivity contribution in [2.75, 3.05) is 0 Å². The van der Waals surface area contributed by atoms with Gasteiger partial charge in [0.25, 0.3) is 0 Å². The van der Waals surface area contributed by atoms with Crippen molar-refractivity contribution in [1.82, 2.24) is 4.98 Å². The molecule has 0 aliphatic heterocycles. The summed E-state index contributed by atoms with van der Waals surface area (Å²) in [5.74, 6) is 0.658. The first-order valence-electron chi connectivity index (χ1n) is 5.48. The second-order valence-corrected chi connectivity index (χ2v) is 5.84. The van der Waals surface area contributed by atoms with Gasteiger partial charge in [0.1, 0.15) is 0 Å². The Labute approximate surface area is 95.0 Å². The average Bonchev–Trinajstić information content (AvgIpc) is 2.82. The third-order valence-corrected chi connectivity index (χ3v) is 3.69. The molecular formula is C12H16N2S. The summed E-state index contributed by atoms with van der Waals surface area (Å²) in [6.45, 7) is 4.41. The molecule has 1 aromatic rings. The molecule has 80 valence electrons. The van der Waals surface area contributed by atoms with Gasteiger partial charge in [0.15, 0.2) is 0 Å². The van der Waals surface area contributed by atoms with Crippen LogP contribution in [-0.4, -0.2) is 4.98 Å². The van der Waals surface area contributed by atoms with Crippen LogP contribution in [0.15, 0.2) is 5.38 Å². The molecule has 15 heavy (non-hydrogen) atoms. The fourth-order valence-electron chi connectivity index (χ4n) is 1.71. The van der Waals surface area contributed by atoms with E-state index in [2.05, 4.69) is 30.3 Å². The summed E-state index contributed by atoms with van der Waals surface area (Å²) >= 11 is 1.71. The van der Waals surface area contributed by atoms with Crippen molar-refractivity contribution in [2.45, 2.75) is 39.5 Å². The minimum Gasteiger partial charge on any atom is -0.246 e. The van der Waals surface area contributed by atoms with Crippen LogP contribution in [0.3, 0.4) is 0 Å². The summed E-state index contributed by atoms with van der Waals surface area (Å²) in [4.78, 5) is 4.59. The molecule has 0 radical (unpaired) electrons. The van der Waals surface area contributed by atoms with E-state index in [1.54, 1.807) is 11.3 Å². The van der Waals surface area contributed by atoms with Crippen molar-refractivity contribution < 1.29 is 0 Å². The van der Waals surface area contributed by atoms with Crippen molar-refractivity contribution in [2.24, 2.45) is 11.3 Å². The van der Waals surface area contributed by atoms with E-state index in [0.717, 1.165) is 30.7 Å². The highest BCUT2D eigenvalue weighted by Crippen LogP contribution is 2.47. The Morgan fingerprint density at radius 1 is 1.60 bits per heavy atom. The Bertz CT molecular complexity index is 383. The highest BCUT2D eigenvalue weighted by Gasteiger charge is 2.43. The quantitative estimate of drug-likeness (QED) is 0.781. The van der Waals surface area contributed by atoms with Gasteiger partial charge < -0.3 is 0 Å². The van der Waals surface area contributed by atoms with Gasteiger partial charge in [-0.25, -0.2) is 4.98 Å². The number of hydrogen-bond donors (Lipinski definition) is 0. The first-order chi connectivity index (χ1) is 7.13. The first-order valence-corrected chi connectivity index (χ1v) is 6.36. The topological polar surface area (TPSA) is 36.7 Å². The van der Waals surface area contributed by atoms with E-state index in [9.17, 15) is 0 Å². The Balaban J connectivity index is 1.99. The minimum atomic E-state index is -0.0487. The molecule has 1 aliphatic rings. The van der Waals surface area contributed by atoms with E-state index >= 15 is 0 Å². The number of aromatic nitrogens is 1. The SMILES string of the molecule is CC(C)Cc1csc(CC2(C#N)CC2)n1. The smallest absolute Gasteiger partial charge is 0.0944 e. The predicted molar refractivity (Wildman–Crippen MR) is 61.6 cm³/mol. The van der Waals surface area contributed by atoms with E-state index in [0.29, 0.717) is 5.92 Å². The van der Waals surface area contributed by atoms with Gasteiger partial charge in [-0.05, 0) is 25.2 Å². The molecule has 1 heterocycles. The number of thiazole rings is 1. The van der Waals surface area contributed by atoms with Crippen LogP contribution in [0, 0.1) is 22.7 Å². The van der Waals surface area contributed by atoms with Gasteiger partial charge in [-0.15, -0.1) is 11.3 Å². The highest BCUT2D eigenvalue weighted by molar-refractivity contribution is 7.09. The molecule has 0 N–H and O–H groups in total. The van der Waals surface area contributed by atoms with Gasteiger partial charge in [-0.1, -0.05) is 13.8 Å². The van der Waals surface area contributed by atoms with Gasteiger partial charge in [0, 0.05) is 11.8 Å². The van der Waals surface area contributed by atoms with Gasteiger partial charge in [-0.2, -0.15) is 5.26 Å². The molecule has 1 aliphatic carbocycles. The lowest BCUT2D eigenvalue weighted by atomic mass is 10.1. The summed E-state index contributed by atoms with van der Waals surface area (Å²) < 4.78 is 0. The summed E-state index contributed by atoms with van der Waals surface area (Å²) in [6.07, 6.45) is 4.04. The number of nitriles is 1. The molecule has 0 amide bonds. The van der Waals surface area contributed by atoms with Crippen molar-refractivity contribution in [3.05, 3.63) is 16.1 Å². The van der Waals surface area contributed by atoms with E-state index in [4.69, 9.17) is 5.26 Å². The maximum Gasteiger partial charge on any atom is 0.0944 e. The van der Waals surface area contributed by atoms with Crippen LogP contribution in [0.1, 0.15) is 37.4 Å². The fraction of sp³-hybridized carbons (Fsp3) is 0.667. The number of hydrogen-bond acceptors (Lipinski definition) is 3. The van der Waals surface area contributed by atoms with Gasteiger partial charge >= 0.3 is 0 Å². The lowest BCUT2D eigenvalue weighted by molar-refractivity contribution is 0.627. The molecule has 0 aromatic carbocycles. The zero-order valence-corrected chi connectivity index (χ0v) is 10.1. The van der Waals surface area contributed by atoms with Gasteiger partial charge in [0.05, 0.1) is 22.2 Å². The molecule has 2 nitrogen and oxygen atoms in total. The lowest BCUT2D eigenvalue weighted by Crippen LogP contribution is -2.01. The normalized spacial score (nSPS) is 17.7. The average molecular weight is 220 g/mol. The maximum absolute atomic E-state index is 9.00. The molecule has 0 saturated heterocycles. The first kappa shape index (κ1) is 10.6. The number of nitrogens with zero attached hydrogens (tertiary/aromatic N) is 2. The van der Waals surface area contributed by atoms with Crippen molar-refractivity contribution in [3.8, 4) is 6.07 Å². The molecule has 2 rings (SSSR count). The standard InChI is InChI=1S/C12H16N2S/c1-9(2)5-10-7-15-11(14-10)6-12(8-13)3-4-12/h7,9H,3-6H2,1-2H3. The molecule has 0 bridgehead atoms. The molecule has 3 heteroatoms. The fourth-order valence-corrected chi connectivity index (χ4v) is 2.66. The molecule has 1 fully saturated rings. The molecular weight excluding hydrogens is 204 g/mol. The lowest BCUT2D eigenvalue weighted by Gasteiger charge is -2.01. The van der Waals surface area contributed by atoms with Crippen LogP contribution in [0.5, 0.6) is 0 Å². The second-order valence-electron chi connectivity index (χ2n) is 4.90. The van der Waals surface area contributed by atoms with Crippen LogP contribution < -0.4 is 0 Å². The monoisotopic (exact) mass is 220 g/mol. The van der Waals surface area contributed by atoms with E-state index in [1.165, 1.54) is 5.69 Å².